The Balaban J connectivity index is 1.93. The van der Waals surface area contributed by atoms with Gasteiger partial charge in [-0.15, -0.1) is 0 Å². The Labute approximate surface area is 153 Å². The lowest BCUT2D eigenvalue weighted by atomic mass is 10.3. The van der Waals surface area contributed by atoms with Gasteiger partial charge in [0, 0.05) is 12.1 Å². The van der Waals surface area contributed by atoms with Crippen molar-refractivity contribution in [3.05, 3.63) is 23.2 Å². The second-order valence-electron chi connectivity index (χ2n) is 6.14. The average molecular weight is 409 g/mol. The van der Waals surface area contributed by atoms with Crippen LogP contribution in [0.1, 0.15) is 32.1 Å². The fourth-order valence-corrected chi connectivity index (χ4v) is 5.46. The zero-order valence-corrected chi connectivity index (χ0v) is 16.2. The third-order valence-electron chi connectivity index (χ3n) is 3.97. The summed E-state index contributed by atoms with van der Waals surface area (Å²) in [6, 6.07) is 4.31. The predicted molar refractivity (Wildman–Crippen MR) is 99.2 cm³/mol. The molecule has 1 saturated carbocycles. The molecule has 10 heteroatoms. The van der Waals surface area contributed by atoms with E-state index in [1.807, 2.05) is 0 Å². The molecule has 1 aromatic carbocycles. The van der Waals surface area contributed by atoms with Crippen LogP contribution < -0.4 is 10.0 Å². The van der Waals surface area contributed by atoms with E-state index in [4.69, 9.17) is 11.6 Å². The van der Waals surface area contributed by atoms with Gasteiger partial charge in [0.05, 0.1) is 28.0 Å². The highest BCUT2D eigenvalue weighted by atomic mass is 35.5. The van der Waals surface area contributed by atoms with Gasteiger partial charge in [-0.25, -0.2) is 16.8 Å². The van der Waals surface area contributed by atoms with Gasteiger partial charge >= 0.3 is 0 Å². The lowest BCUT2D eigenvalue weighted by Gasteiger charge is -2.12. The summed E-state index contributed by atoms with van der Waals surface area (Å²) >= 11 is 5.98. The van der Waals surface area contributed by atoms with Gasteiger partial charge in [-0.05, 0) is 31.0 Å². The Kier molecular flexibility index (Phi) is 6.34. The van der Waals surface area contributed by atoms with Crippen molar-refractivity contribution in [2.75, 3.05) is 22.0 Å². The van der Waals surface area contributed by atoms with Gasteiger partial charge < -0.3 is 5.32 Å². The highest BCUT2D eigenvalue weighted by Crippen LogP contribution is 2.27. The average Bonchev–Trinajstić information content (AvgIpc) is 3.02. The highest BCUT2D eigenvalue weighted by Gasteiger charge is 2.28. The zero-order chi connectivity index (χ0) is 18.7. The van der Waals surface area contributed by atoms with Crippen LogP contribution in [0, 0.1) is 0 Å². The second kappa shape index (κ2) is 7.92. The predicted octanol–water partition coefficient (Wildman–Crippen LogP) is 2.40. The molecule has 0 spiro atoms. The monoisotopic (exact) mass is 408 g/mol. The van der Waals surface area contributed by atoms with Crippen molar-refractivity contribution in [3.63, 3.8) is 0 Å². The highest BCUT2D eigenvalue weighted by molar-refractivity contribution is 7.92. The summed E-state index contributed by atoms with van der Waals surface area (Å²) in [6.45, 7) is 0. The fraction of sp³-hybridized carbons (Fsp3) is 0.533. The third kappa shape index (κ3) is 6.16. The van der Waals surface area contributed by atoms with E-state index < -0.39 is 25.8 Å². The summed E-state index contributed by atoms with van der Waals surface area (Å²) in [5.74, 6) is -0.605. The van der Waals surface area contributed by atoms with Crippen LogP contribution in [0.3, 0.4) is 0 Å². The molecule has 0 unspecified atom stereocenters. The van der Waals surface area contributed by atoms with E-state index in [2.05, 4.69) is 10.0 Å². The summed E-state index contributed by atoms with van der Waals surface area (Å²) in [5.41, 5.74) is 0.568. The van der Waals surface area contributed by atoms with Crippen molar-refractivity contribution in [2.24, 2.45) is 0 Å². The van der Waals surface area contributed by atoms with Gasteiger partial charge in [0.25, 0.3) is 0 Å². The molecule has 1 fully saturated rings. The Morgan fingerprint density at radius 2 is 1.84 bits per heavy atom. The quantitative estimate of drug-likeness (QED) is 0.719. The van der Waals surface area contributed by atoms with Gasteiger partial charge in [-0.1, -0.05) is 24.4 Å². The van der Waals surface area contributed by atoms with E-state index in [1.165, 1.54) is 18.2 Å². The molecular formula is C15H21ClN2O5S2. The second-order valence-corrected chi connectivity index (χ2v) is 10.7. The molecule has 140 valence electrons. The van der Waals surface area contributed by atoms with Gasteiger partial charge in [0.15, 0.2) is 9.84 Å². The molecule has 1 amide bonds. The van der Waals surface area contributed by atoms with E-state index in [0.29, 0.717) is 18.5 Å². The maximum Gasteiger partial charge on any atom is 0.229 e. The first-order chi connectivity index (χ1) is 11.6. The Morgan fingerprint density at radius 3 is 2.40 bits per heavy atom. The summed E-state index contributed by atoms with van der Waals surface area (Å²) in [4.78, 5) is 12.0. The van der Waals surface area contributed by atoms with E-state index in [1.54, 1.807) is 0 Å². The standard InChI is InChI=1S/C15H21ClN2O5S2/c1-24(20,21)18-14-7-6-11(10-13(14)16)17-15(19)8-9-25(22,23)12-4-2-3-5-12/h6-7,10,12,18H,2-5,8-9H2,1H3,(H,17,19). The number of benzene rings is 1. The normalized spacial score (nSPS) is 15.9. The van der Waals surface area contributed by atoms with Crippen molar-refractivity contribution in [1.82, 2.24) is 0 Å². The van der Waals surface area contributed by atoms with E-state index in [9.17, 15) is 21.6 Å². The van der Waals surface area contributed by atoms with Crippen molar-refractivity contribution >= 4 is 48.7 Å². The fourth-order valence-electron chi connectivity index (χ4n) is 2.75. The summed E-state index contributed by atoms with van der Waals surface area (Å²) in [7, 11) is -6.70. The molecule has 0 aromatic heterocycles. The van der Waals surface area contributed by atoms with Crippen LogP contribution in [0.2, 0.25) is 5.02 Å². The van der Waals surface area contributed by atoms with E-state index >= 15 is 0 Å². The molecular weight excluding hydrogens is 388 g/mol. The lowest BCUT2D eigenvalue weighted by Crippen LogP contribution is -2.24. The van der Waals surface area contributed by atoms with Crippen molar-refractivity contribution < 1.29 is 21.6 Å². The molecule has 0 aliphatic heterocycles. The topological polar surface area (TPSA) is 109 Å². The van der Waals surface area contributed by atoms with Crippen LogP contribution in [0.4, 0.5) is 11.4 Å². The van der Waals surface area contributed by atoms with Crippen LogP contribution in [-0.4, -0.2) is 40.0 Å². The smallest absolute Gasteiger partial charge is 0.229 e. The minimum atomic E-state index is -3.46. The first-order valence-corrected chi connectivity index (χ1v) is 11.8. The molecule has 1 aliphatic carbocycles. The molecule has 1 aliphatic rings. The van der Waals surface area contributed by atoms with Crippen LogP contribution in [0.25, 0.3) is 0 Å². The molecule has 25 heavy (non-hydrogen) atoms. The maximum absolute atomic E-state index is 12.2. The molecule has 2 rings (SSSR count). The van der Waals surface area contributed by atoms with Crippen LogP contribution in [0.5, 0.6) is 0 Å². The molecule has 0 radical (unpaired) electrons. The number of hydrogen-bond donors (Lipinski definition) is 2. The number of nitrogens with one attached hydrogen (secondary N) is 2. The number of halogens is 1. The zero-order valence-electron chi connectivity index (χ0n) is 13.8. The van der Waals surface area contributed by atoms with Gasteiger partial charge in [-0.2, -0.15) is 0 Å². The van der Waals surface area contributed by atoms with Crippen molar-refractivity contribution in [2.45, 2.75) is 37.4 Å². The minimum Gasteiger partial charge on any atom is -0.326 e. The lowest BCUT2D eigenvalue weighted by molar-refractivity contribution is -0.115. The van der Waals surface area contributed by atoms with E-state index in [0.717, 1.165) is 19.1 Å². The Bertz CT molecular complexity index is 847. The molecule has 2 N–H and O–H groups in total. The maximum atomic E-state index is 12.2. The molecule has 0 saturated heterocycles. The largest absolute Gasteiger partial charge is 0.326 e. The molecule has 0 atom stereocenters. The molecule has 0 bridgehead atoms. The molecule has 0 heterocycles. The number of carbonyl (C=O) groups is 1. The number of rotatable bonds is 7. The molecule has 7 nitrogen and oxygen atoms in total. The molecule has 1 aromatic rings. The van der Waals surface area contributed by atoms with Gasteiger partial charge in [-0.3, -0.25) is 9.52 Å². The summed E-state index contributed by atoms with van der Waals surface area (Å²) in [6.07, 6.45) is 4.07. The number of amides is 1. The van der Waals surface area contributed by atoms with E-state index in [-0.39, 0.29) is 28.1 Å². The number of carbonyl (C=O) groups excluding carboxylic acids is 1. The summed E-state index contributed by atoms with van der Waals surface area (Å²) in [5, 5.41) is 2.37. The first-order valence-electron chi connectivity index (χ1n) is 7.85. The number of hydrogen-bond acceptors (Lipinski definition) is 5. The third-order valence-corrected chi connectivity index (χ3v) is 7.14. The van der Waals surface area contributed by atoms with Gasteiger partial charge in [0.1, 0.15) is 0 Å². The Morgan fingerprint density at radius 1 is 1.20 bits per heavy atom. The van der Waals surface area contributed by atoms with Gasteiger partial charge in [0.2, 0.25) is 15.9 Å². The summed E-state index contributed by atoms with van der Waals surface area (Å²) < 4.78 is 49.0. The number of sulfone groups is 1. The first kappa shape index (κ1) is 20.0. The van der Waals surface area contributed by atoms with Crippen molar-refractivity contribution in [1.29, 1.82) is 0 Å². The van der Waals surface area contributed by atoms with Crippen LogP contribution in [-0.2, 0) is 24.7 Å². The number of anilines is 2. The minimum absolute atomic E-state index is 0.125. The van der Waals surface area contributed by atoms with Crippen molar-refractivity contribution in [3.8, 4) is 0 Å². The number of sulfonamides is 1. The van der Waals surface area contributed by atoms with Crippen LogP contribution >= 0.6 is 11.6 Å². The Hall–Kier alpha value is -1.32. The SMILES string of the molecule is CS(=O)(=O)Nc1ccc(NC(=O)CCS(=O)(=O)C2CCCC2)cc1Cl. The van der Waals surface area contributed by atoms with Crippen LogP contribution in [0.15, 0.2) is 18.2 Å².